The molecular weight excluding hydrogens is 278 g/mol. The summed E-state index contributed by atoms with van der Waals surface area (Å²) < 4.78 is 5.00. The summed E-state index contributed by atoms with van der Waals surface area (Å²) in [6.45, 7) is 5.36. The summed E-state index contributed by atoms with van der Waals surface area (Å²) in [5.41, 5.74) is 2.68. The number of rotatable bonds is 3. The van der Waals surface area contributed by atoms with E-state index in [1.807, 2.05) is 24.1 Å². The molecule has 2 aromatic heterocycles. The maximum Gasteiger partial charge on any atom is 0.276 e. The Morgan fingerprint density at radius 1 is 1.41 bits per heavy atom. The lowest BCUT2D eigenvalue weighted by atomic mass is 9.91. The summed E-state index contributed by atoms with van der Waals surface area (Å²) in [6, 6.07) is 5.87. The highest BCUT2D eigenvalue weighted by atomic mass is 16.5. The Labute approximate surface area is 130 Å². The van der Waals surface area contributed by atoms with Crippen molar-refractivity contribution in [3.05, 3.63) is 47.1 Å². The van der Waals surface area contributed by atoms with E-state index in [-0.39, 0.29) is 5.91 Å². The number of likely N-dealkylation sites (tertiary alicyclic amines) is 1. The van der Waals surface area contributed by atoms with Crippen LogP contribution >= 0.6 is 0 Å². The van der Waals surface area contributed by atoms with Crippen LogP contribution in [-0.2, 0) is 6.42 Å². The van der Waals surface area contributed by atoms with Gasteiger partial charge in [0, 0.05) is 31.0 Å². The summed E-state index contributed by atoms with van der Waals surface area (Å²) in [5.74, 6) is 1.13. The van der Waals surface area contributed by atoms with Crippen molar-refractivity contribution in [2.45, 2.75) is 33.1 Å². The maximum atomic E-state index is 12.4. The number of hydrogen-bond donors (Lipinski definition) is 0. The van der Waals surface area contributed by atoms with Crippen molar-refractivity contribution in [3.8, 4) is 0 Å². The number of aryl methyl sites for hydroxylation is 2. The first-order valence-electron chi connectivity index (χ1n) is 7.76. The molecule has 0 unspecified atom stereocenters. The average molecular weight is 299 g/mol. The summed E-state index contributed by atoms with van der Waals surface area (Å²) in [4.78, 5) is 18.7. The molecule has 0 spiro atoms. The van der Waals surface area contributed by atoms with Gasteiger partial charge < -0.3 is 9.42 Å². The fourth-order valence-electron chi connectivity index (χ4n) is 3.00. The van der Waals surface area contributed by atoms with Crippen LogP contribution in [-0.4, -0.2) is 34.0 Å². The van der Waals surface area contributed by atoms with Gasteiger partial charge in [-0.3, -0.25) is 9.78 Å². The van der Waals surface area contributed by atoms with Gasteiger partial charge in [0.2, 0.25) is 0 Å². The maximum absolute atomic E-state index is 12.4. The van der Waals surface area contributed by atoms with Crippen molar-refractivity contribution in [2.24, 2.45) is 5.92 Å². The average Bonchev–Trinajstić information content (AvgIpc) is 2.96. The number of piperidine rings is 1. The predicted octanol–water partition coefficient (Wildman–Crippen LogP) is 2.78. The van der Waals surface area contributed by atoms with Gasteiger partial charge in [-0.2, -0.15) is 0 Å². The lowest BCUT2D eigenvalue weighted by Crippen LogP contribution is -2.40. The van der Waals surface area contributed by atoms with E-state index >= 15 is 0 Å². The zero-order valence-corrected chi connectivity index (χ0v) is 13.1. The van der Waals surface area contributed by atoms with Gasteiger partial charge in [0.1, 0.15) is 5.76 Å². The van der Waals surface area contributed by atoms with Crippen LogP contribution in [0, 0.1) is 19.8 Å². The van der Waals surface area contributed by atoms with Crippen molar-refractivity contribution in [2.75, 3.05) is 13.1 Å². The van der Waals surface area contributed by atoms with Gasteiger partial charge >= 0.3 is 0 Å². The van der Waals surface area contributed by atoms with Crippen molar-refractivity contribution in [1.82, 2.24) is 15.0 Å². The molecule has 3 heterocycles. The third kappa shape index (κ3) is 3.35. The third-order valence-electron chi connectivity index (χ3n) is 4.15. The van der Waals surface area contributed by atoms with Gasteiger partial charge in [-0.15, -0.1) is 0 Å². The second-order valence-electron chi connectivity index (χ2n) is 6.09. The number of hydrogen-bond acceptors (Lipinski definition) is 4. The van der Waals surface area contributed by atoms with E-state index in [1.54, 1.807) is 13.0 Å². The van der Waals surface area contributed by atoms with E-state index in [2.05, 4.69) is 16.2 Å². The van der Waals surface area contributed by atoms with Gasteiger partial charge in [0.25, 0.3) is 5.91 Å². The number of carbonyl (C=O) groups is 1. The lowest BCUT2D eigenvalue weighted by Gasteiger charge is -2.32. The fraction of sp³-hybridized carbons (Fsp3) is 0.471. The highest BCUT2D eigenvalue weighted by Gasteiger charge is 2.26. The normalized spacial score (nSPS) is 18.5. The van der Waals surface area contributed by atoms with E-state index in [9.17, 15) is 4.79 Å². The molecule has 116 valence electrons. The largest absolute Gasteiger partial charge is 0.361 e. The SMILES string of the molecule is Cc1ccc(C[C@@H]2CCCN(C(=O)c3cc(C)on3)C2)cn1. The highest BCUT2D eigenvalue weighted by Crippen LogP contribution is 2.22. The first-order valence-corrected chi connectivity index (χ1v) is 7.76. The summed E-state index contributed by atoms with van der Waals surface area (Å²) in [7, 11) is 0. The quantitative estimate of drug-likeness (QED) is 0.874. The van der Waals surface area contributed by atoms with Crippen LogP contribution in [0.5, 0.6) is 0 Å². The molecule has 0 aromatic carbocycles. The summed E-state index contributed by atoms with van der Waals surface area (Å²) >= 11 is 0. The van der Waals surface area contributed by atoms with Crippen LogP contribution in [0.3, 0.4) is 0 Å². The van der Waals surface area contributed by atoms with Crippen molar-refractivity contribution >= 4 is 5.91 Å². The predicted molar refractivity (Wildman–Crippen MR) is 82.5 cm³/mol. The molecule has 5 heteroatoms. The number of carbonyl (C=O) groups excluding carboxylic acids is 1. The van der Waals surface area contributed by atoms with E-state index in [4.69, 9.17) is 4.52 Å². The van der Waals surface area contributed by atoms with Crippen LogP contribution in [0.1, 0.15) is 40.3 Å². The molecule has 1 saturated heterocycles. The molecular formula is C17H21N3O2. The van der Waals surface area contributed by atoms with Gasteiger partial charge in [0.15, 0.2) is 5.69 Å². The summed E-state index contributed by atoms with van der Waals surface area (Å²) in [5, 5.41) is 3.83. The summed E-state index contributed by atoms with van der Waals surface area (Å²) in [6.07, 6.45) is 5.09. The molecule has 0 bridgehead atoms. The minimum absolute atomic E-state index is 0.0245. The Bertz CT molecular complexity index is 648. The van der Waals surface area contributed by atoms with E-state index in [0.717, 1.165) is 38.0 Å². The molecule has 1 amide bonds. The molecule has 0 aliphatic carbocycles. The van der Waals surface area contributed by atoms with Crippen LogP contribution in [0.4, 0.5) is 0 Å². The van der Waals surface area contributed by atoms with Crippen molar-refractivity contribution in [1.29, 1.82) is 0 Å². The molecule has 5 nitrogen and oxygen atoms in total. The highest BCUT2D eigenvalue weighted by molar-refractivity contribution is 5.92. The first kappa shape index (κ1) is 14.8. The Hall–Kier alpha value is -2.17. The molecule has 2 aromatic rings. The number of aromatic nitrogens is 2. The topological polar surface area (TPSA) is 59.2 Å². The van der Waals surface area contributed by atoms with Gasteiger partial charge in [0.05, 0.1) is 0 Å². The Balaban J connectivity index is 1.63. The molecule has 0 saturated carbocycles. The molecule has 1 aliphatic rings. The molecule has 3 rings (SSSR count). The minimum Gasteiger partial charge on any atom is -0.361 e. The molecule has 0 radical (unpaired) electrons. The second kappa shape index (κ2) is 6.30. The smallest absolute Gasteiger partial charge is 0.276 e. The van der Waals surface area contributed by atoms with Gasteiger partial charge in [-0.05, 0) is 50.7 Å². The Morgan fingerprint density at radius 3 is 2.95 bits per heavy atom. The number of nitrogens with zero attached hydrogens (tertiary/aromatic N) is 3. The number of amides is 1. The second-order valence-corrected chi connectivity index (χ2v) is 6.09. The van der Waals surface area contributed by atoms with Crippen LogP contribution in [0.25, 0.3) is 0 Å². The van der Waals surface area contributed by atoms with Crippen LogP contribution in [0.2, 0.25) is 0 Å². The first-order chi connectivity index (χ1) is 10.6. The zero-order valence-electron chi connectivity index (χ0n) is 13.1. The van der Waals surface area contributed by atoms with E-state index < -0.39 is 0 Å². The van der Waals surface area contributed by atoms with Gasteiger partial charge in [-0.25, -0.2) is 0 Å². The van der Waals surface area contributed by atoms with Crippen molar-refractivity contribution < 1.29 is 9.32 Å². The molecule has 1 fully saturated rings. The van der Waals surface area contributed by atoms with E-state index in [1.165, 1.54) is 5.56 Å². The zero-order chi connectivity index (χ0) is 15.5. The molecule has 22 heavy (non-hydrogen) atoms. The molecule has 0 N–H and O–H groups in total. The Morgan fingerprint density at radius 2 is 2.27 bits per heavy atom. The molecule has 1 atom stereocenters. The van der Waals surface area contributed by atoms with Crippen LogP contribution < -0.4 is 0 Å². The molecule has 1 aliphatic heterocycles. The van der Waals surface area contributed by atoms with Crippen molar-refractivity contribution in [3.63, 3.8) is 0 Å². The lowest BCUT2D eigenvalue weighted by molar-refractivity contribution is 0.0663. The van der Waals surface area contributed by atoms with Gasteiger partial charge in [-0.1, -0.05) is 11.2 Å². The van der Waals surface area contributed by atoms with Crippen LogP contribution in [0.15, 0.2) is 28.9 Å². The third-order valence-corrected chi connectivity index (χ3v) is 4.15. The fourth-order valence-corrected chi connectivity index (χ4v) is 3.00. The minimum atomic E-state index is -0.0245. The monoisotopic (exact) mass is 299 g/mol. The number of pyridine rings is 1. The standard InChI is InChI=1S/C17H21N3O2/c1-12-5-6-14(10-18-12)9-15-4-3-7-20(11-15)17(21)16-8-13(2)22-19-16/h5-6,8,10,15H,3-4,7,9,11H2,1-2H3/t15-/m0/s1. The Kier molecular flexibility index (Phi) is 4.22. The van der Waals surface area contributed by atoms with E-state index in [0.29, 0.717) is 17.4 Å².